The molecule has 0 aromatic heterocycles. The molecule has 1 unspecified atom stereocenters. The summed E-state index contributed by atoms with van der Waals surface area (Å²) in [7, 11) is 0. The molecule has 1 aromatic rings. The van der Waals surface area contributed by atoms with Gasteiger partial charge in [0.1, 0.15) is 0 Å². The van der Waals surface area contributed by atoms with Gasteiger partial charge in [-0.15, -0.1) is 0 Å². The van der Waals surface area contributed by atoms with Crippen LogP contribution in [0.2, 0.25) is 0 Å². The lowest BCUT2D eigenvalue weighted by Crippen LogP contribution is -2.39. The second-order valence-electron chi connectivity index (χ2n) is 6.75. The molecule has 1 saturated carbocycles. The van der Waals surface area contributed by atoms with Crippen molar-refractivity contribution < 1.29 is 4.79 Å². The summed E-state index contributed by atoms with van der Waals surface area (Å²) in [6, 6.07) is 11.0. The summed E-state index contributed by atoms with van der Waals surface area (Å²) >= 11 is 0. The highest BCUT2D eigenvalue weighted by Crippen LogP contribution is 2.26. The van der Waals surface area contributed by atoms with E-state index in [2.05, 4.69) is 40.5 Å². The lowest BCUT2D eigenvalue weighted by Gasteiger charge is -2.29. The molecule has 1 aromatic carbocycles. The summed E-state index contributed by atoms with van der Waals surface area (Å²) < 4.78 is 0. The minimum absolute atomic E-state index is 0.253. The molecule has 3 rings (SSSR count). The molecule has 1 aliphatic carbocycles. The van der Waals surface area contributed by atoms with Crippen molar-refractivity contribution in [2.24, 2.45) is 5.92 Å². The molecule has 1 N–H and O–H groups in total. The first-order chi connectivity index (χ1) is 10.8. The second-order valence-corrected chi connectivity index (χ2v) is 6.75. The summed E-state index contributed by atoms with van der Waals surface area (Å²) in [4.78, 5) is 14.9. The standard InChI is InChI=1S/C19H28N2O/c22-19(17-11-5-2-6-12-17)20-15-18(21-13-7-8-14-21)16-9-3-1-4-10-16/h1,3-4,9-10,17-18H,2,5-8,11-15H2,(H,20,22). The number of amides is 1. The van der Waals surface area contributed by atoms with Gasteiger partial charge in [0.2, 0.25) is 5.91 Å². The maximum Gasteiger partial charge on any atom is 0.223 e. The highest BCUT2D eigenvalue weighted by atomic mass is 16.1. The van der Waals surface area contributed by atoms with Crippen molar-refractivity contribution >= 4 is 5.91 Å². The molecule has 1 saturated heterocycles. The van der Waals surface area contributed by atoms with Gasteiger partial charge in [0.05, 0.1) is 6.04 Å². The fourth-order valence-corrected chi connectivity index (χ4v) is 3.89. The average Bonchev–Trinajstić information content (AvgIpc) is 3.11. The van der Waals surface area contributed by atoms with E-state index in [4.69, 9.17) is 0 Å². The zero-order valence-electron chi connectivity index (χ0n) is 13.5. The van der Waals surface area contributed by atoms with Crippen LogP contribution in [0, 0.1) is 5.92 Å². The maximum absolute atomic E-state index is 12.4. The summed E-state index contributed by atoms with van der Waals surface area (Å²) in [6.07, 6.45) is 8.43. The first-order valence-electron chi connectivity index (χ1n) is 8.91. The van der Waals surface area contributed by atoms with Gasteiger partial charge in [-0.2, -0.15) is 0 Å². The monoisotopic (exact) mass is 300 g/mol. The molecule has 1 amide bonds. The van der Waals surface area contributed by atoms with Gasteiger partial charge in [-0.3, -0.25) is 9.69 Å². The van der Waals surface area contributed by atoms with E-state index in [1.54, 1.807) is 0 Å². The molecule has 2 fully saturated rings. The largest absolute Gasteiger partial charge is 0.354 e. The molecule has 0 radical (unpaired) electrons. The van der Waals surface area contributed by atoms with E-state index in [0.29, 0.717) is 6.04 Å². The van der Waals surface area contributed by atoms with Crippen LogP contribution >= 0.6 is 0 Å². The van der Waals surface area contributed by atoms with Crippen LogP contribution in [-0.4, -0.2) is 30.4 Å². The number of hydrogen-bond donors (Lipinski definition) is 1. The van der Waals surface area contributed by atoms with Crippen LogP contribution < -0.4 is 5.32 Å². The molecule has 120 valence electrons. The van der Waals surface area contributed by atoms with Crippen LogP contribution in [0.5, 0.6) is 0 Å². The van der Waals surface area contributed by atoms with E-state index in [-0.39, 0.29) is 11.8 Å². The zero-order chi connectivity index (χ0) is 15.2. The second kappa shape index (κ2) is 7.77. The van der Waals surface area contributed by atoms with Gasteiger partial charge in [0.15, 0.2) is 0 Å². The number of nitrogens with one attached hydrogen (secondary N) is 1. The van der Waals surface area contributed by atoms with Gasteiger partial charge in [-0.25, -0.2) is 0 Å². The average molecular weight is 300 g/mol. The van der Waals surface area contributed by atoms with Crippen molar-refractivity contribution in [2.75, 3.05) is 19.6 Å². The Hall–Kier alpha value is -1.35. The lowest BCUT2D eigenvalue weighted by atomic mass is 9.88. The van der Waals surface area contributed by atoms with Gasteiger partial charge >= 0.3 is 0 Å². The molecule has 1 heterocycles. The SMILES string of the molecule is O=C(NCC(c1ccccc1)N1CCCC1)C1CCCCC1. The number of benzene rings is 1. The summed E-state index contributed by atoms with van der Waals surface area (Å²) in [6.45, 7) is 3.05. The highest BCUT2D eigenvalue weighted by molar-refractivity contribution is 5.78. The van der Waals surface area contributed by atoms with E-state index in [1.165, 1.54) is 37.7 Å². The van der Waals surface area contributed by atoms with Crippen molar-refractivity contribution in [3.63, 3.8) is 0 Å². The number of carbonyl (C=O) groups excluding carboxylic acids is 1. The minimum atomic E-state index is 0.253. The van der Waals surface area contributed by atoms with Crippen LogP contribution in [-0.2, 0) is 4.79 Å². The van der Waals surface area contributed by atoms with E-state index >= 15 is 0 Å². The predicted octanol–water partition coefficient (Wildman–Crippen LogP) is 3.52. The number of hydrogen-bond acceptors (Lipinski definition) is 2. The molecule has 22 heavy (non-hydrogen) atoms. The summed E-state index contributed by atoms with van der Waals surface area (Å²) in [5, 5.41) is 3.25. The Morgan fingerprint density at radius 1 is 1.05 bits per heavy atom. The molecule has 2 aliphatic rings. The van der Waals surface area contributed by atoms with E-state index in [9.17, 15) is 4.79 Å². The molecule has 3 nitrogen and oxygen atoms in total. The first kappa shape index (κ1) is 15.5. The first-order valence-corrected chi connectivity index (χ1v) is 8.91. The van der Waals surface area contributed by atoms with Crippen LogP contribution in [0.1, 0.15) is 56.6 Å². The zero-order valence-corrected chi connectivity index (χ0v) is 13.5. The Morgan fingerprint density at radius 2 is 1.73 bits per heavy atom. The molecule has 3 heteroatoms. The van der Waals surface area contributed by atoms with E-state index in [1.807, 2.05) is 0 Å². The minimum Gasteiger partial charge on any atom is -0.354 e. The van der Waals surface area contributed by atoms with Crippen molar-refractivity contribution in [1.29, 1.82) is 0 Å². The normalized spacial score (nSPS) is 21.6. The van der Waals surface area contributed by atoms with Crippen molar-refractivity contribution in [3.05, 3.63) is 35.9 Å². The van der Waals surface area contributed by atoms with Crippen LogP contribution in [0.4, 0.5) is 0 Å². The molecule has 0 spiro atoms. The van der Waals surface area contributed by atoms with E-state index in [0.717, 1.165) is 32.5 Å². The molecule has 1 aliphatic heterocycles. The van der Waals surface area contributed by atoms with Crippen LogP contribution in [0.25, 0.3) is 0 Å². The Balaban J connectivity index is 1.61. The molecular formula is C19H28N2O. The Morgan fingerprint density at radius 3 is 2.41 bits per heavy atom. The Labute approximate surface area is 134 Å². The molecular weight excluding hydrogens is 272 g/mol. The fraction of sp³-hybridized carbons (Fsp3) is 0.632. The third-order valence-electron chi connectivity index (χ3n) is 5.21. The Kier molecular flexibility index (Phi) is 5.49. The number of likely N-dealkylation sites (tertiary alicyclic amines) is 1. The smallest absolute Gasteiger partial charge is 0.223 e. The third-order valence-corrected chi connectivity index (χ3v) is 5.21. The summed E-state index contributed by atoms with van der Waals surface area (Å²) in [5.41, 5.74) is 1.33. The van der Waals surface area contributed by atoms with Gasteiger partial charge in [-0.1, -0.05) is 49.6 Å². The van der Waals surface area contributed by atoms with Crippen molar-refractivity contribution in [2.45, 2.75) is 51.0 Å². The molecule has 0 bridgehead atoms. The van der Waals surface area contributed by atoms with Gasteiger partial charge in [-0.05, 0) is 44.3 Å². The number of rotatable bonds is 5. The van der Waals surface area contributed by atoms with Crippen LogP contribution in [0.3, 0.4) is 0 Å². The third kappa shape index (κ3) is 3.89. The van der Waals surface area contributed by atoms with Crippen molar-refractivity contribution in [1.82, 2.24) is 10.2 Å². The molecule has 1 atom stereocenters. The maximum atomic E-state index is 12.4. The van der Waals surface area contributed by atoms with Gasteiger partial charge in [0.25, 0.3) is 0 Å². The highest BCUT2D eigenvalue weighted by Gasteiger charge is 2.26. The van der Waals surface area contributed by atoms with Gasteiger partial charge < -0.3 is 5.32 Å². The predicted molar refractivity (Wildman–Crippen MR) is 89.6 cm³/mol. The van der Waals surface area contributed by atoms with Gasteiger partial charge in [0, 0.05) is 12.5 Å². The quantitative estimate of drug-likeness (QED) is 0.902. The van der Waals surface area contributed by atoms with Crippen molar-refractivity contribution in [3.8, 4) is 0 Å². The summed E-state index contributed by atoms with van der Waals surface area (Å²) in [5.74, 6) is 0.531. The Bertz CT molecular complexity index is 462. The fourth-order valence-electron chi connectivity index (χ4n) is 3.89. The lowest BCUT2D eigenvalue weighted by molar-refractivity contribution is -0.126. The van der Waals surface area contributed by atoms with Crippen LogP contribution in [0.15, 0.2) is 30.3 Å². The number of nitrogens with zero attached hydrogens (tertiary/aromatic N) is 1. The van der Waals surface area contributed by atoms with E-state index < -0.39 is 0 Å². The number of carbonyl (C=O) groups is 1. The topological polar surface area (TPSA) is 32.3 Å².